The van der Waals surface area contributed by atoms with E-state index in [0.29, 0.717) is 23.9 Å². The zero-order valence-electron chi connectivity index (χ0n) is 15.8. The van der Waals surface area contributed by atoms with Crippen molar-refractivity contribution in [1.82, 2.24) is 24.8 Å². The lowest BCUT2D eigenvalue weighted by Gasteiger charge is -2.34. The number of piperazine rings is 1. The number of aromatic nitrogens is 4. The molecule has 3 aromatic heterocycles. The molecule has 0 unspecified atom stereocenters. The van der Waals surface area contributed by atoms with E-state index in [-0.39, 0.29) is 5.28 Å². The first-order valence-electron chi connectivity index (χ1n) is 9.21. The Morgan fingerprint density at radius 3 is 2.66 bits per heavy atom. The van der Waals surface area contributed by atoms with Gasteiger partial charge < -0.3 is 15.4 Å². The molecule has 0 aliphatic carbocycles. The molecule has 152 valence electrons. The van der Waals surface area contributed by atoms with Gasteiger partial charge in [0.2, 0.25) is 11.2 Å². The van der Waals surface area contributed by atoms with Crippen LogP contribution in [0.15, 0.2) is 18.5 Å². The molecule has 3 aromatic rings. The highest BCUT2D eigenvalue weighted by Crippen LogP contribution is 2.30. The molecule has 4 rings (SSSR count). The maximum Gasteiger partial charge on any atom is 0.341 e. The Bertz CT molecular complexity index is 1020. The summed E-state index contributed by atoms with van der Waals surface area (Å²) in [5, 5.41) is 0.168. The molecular formula is C18H20ClN7O2S. The standard InChI is InChI=1S/C18H20ClN7O2S/c1-2-28-16(27)11-8-21-18(22-9-11)26-5-3-25(4-6-26)10-12-7-13-14(29-12)15(20)24-17(19)23-13/h7-9H,2-6,10H2,1H3,(H2,20,23,24). The van der Waals surface area contributed by atoms with Crippen LogP contribution in [0.4, 0.5) is 11.8 Å². The average molecular weight is 434 g/mol. The number of fused-ring (bicyclic) bond motifs is 1. The van der Waals surface area contributed by atoms with Crippen molar-refractivity contribution in [3.05, 3.63) is 34.2 Å². The van der Waals surface area contributed by atoms with Gasteiger partial charge in [0.05, 0.1) is 22.4 Å². The molecule has 1 fully saturated rings. The summed E-state index contributed by atoms with van der Waals surface area (Å²) in [7, 11) is 0. The Balaban J connectivity index is 1.36. The van der Waals surface area contributed by atoms with Crippen LogP contribution in [0.3, 0.4) is 0 Å². The number of anilines is 2. The van der Waals surface area contributed by atoms with Crippen molar-refractivity contribution in [3.63, 3.8) is 0 Å². The Morgan fingerprint density at radius 2 is 1.97 bits per heavy atom. The van der Waals surface area contributed by atoms with E-state index in [1.165, 1.54) is 17.3 Å². The van der Waals surface area contributed by atoms with Crippen LogP contribution >= 0.6 is 22.9 Å². The molecule has 9 nitrogen and oxygen atoms in total. The molecular weight excluding hydrogens is 414 g/mol. The van der Waals surface area contributed by atoms with Crippen molar-refractivity contribution < 1.29 is 9.53 Å². The number of rotatable bonds is 5. The smallest absolute Gasteiger partial charge is 0.341 e. The normalized spacial score (nSPS) is 15.0. The third kappa shape index (κ3) is 4.39. The number of esters is 1. The van der Waals surface area contributed by atoms with Gasteiger partial charge in [0.15, 0.2) is 0 Å². The lowest BCUT2D eigenvalue weighted by molar-refractivity contribution is 0.0525. The molecule has 1 saturated heterocycles. The molecule has 2 N–H and O–H groups in total. The number of carbonyl (C=O) groups excluding carboxylic acids is 1. The largest absolute Gasteiger partial charge is 0.462 e. The molecule has 0 spiro atoms. The first kappa shape index (κ1) is 19.7. The summed E-state index contributed by atoms with van der Waals surface area (Å²) in [6.07, 6.45) is 3.03. The summed E-state index contributed by atoms with van der Waals surface area (Å²) in [5.41, 5.74) is 7.09. The number of hydrogen-bond acceptors (Lipinski definition) is 10. The highest BCUT2D eigenvalue weighted by Gasteiger charge is 2.21. The zero-order valence-corrected chi connectivity index (χ0v) is 17.4. The van der Waals surface area contributed by atoms with Crippen molar-refractivity contribution in [2.24, 2.45) is 0 Å². The molecule has 1 aliphatic rings. The molecule has 0 aromatic carbocycles. The summed E-state index contributed by atoms with van der Waals surface area (Å²) >= 11 is 7.49. The topological polar surface area (TPSA) is 110 Å². The molecule has 4 heterocycles. The summed E-state index contributed by atoms with van der Waals surface area (Å²) < 4.78 is 5.83. The van der Waals surface area contributed by atoms with Crippen molar-refractivity contribution in [1.29, 1.82) is 0 Å². The lowest BCUT2D eigenvalue weighted by Crippen LogP contribution is -2.46. The van der Waals surface area contributed by atoms with Crippen molar-refractivity contribution in [2.75, 3.05) is 43.4 Å². The Hall–Kier alpha value is -2.56. The van der Waals surface area contributed by atoms with Crippen molar-refractivity contribution >= 4 is 50.9 Å². The fourth-order valence-corrected chi connectivity index (χ4v) is 4.40. The van der Waals surface area contributed by atoms with Crippen molar-refractivity contribution in [2.45, 2.75) is 13.5 Å². The second-order valence-corrected chi connectivity index (χ2v) is 8.04. The minimum atomic E-state index is -0.404. The molecule has 1 aliphatic heterocycles. The summed E-state index contributed by atoms with van der Waals surface area (Å²) in [6, 6.07) is 2.02. The second kappa shape index (κ2) is 8.44. The minimum Gasteiger partial charge on any atom is -0.462 e. The number of halogens is 1. The molecule has 11 heteroatoms. The van der Waals surface area contributed by atoms with Crippen LogP contribution in [0, 0.1) is 0 Å². The molecule has 0 atom stereocenters. The predicted octanol–water partition coefficient (Wildman–Crippen LogP) is 2.22. The second-order valence-electron chi connectivity index (χ2n) is 6.56. The minimum absolute atomic E-state index is 0.168. The van der Waals surface area contributed by atoms with Gasteiger partial charge in [-0.25, -0.2) is 19.7 Å². The Morgan fingerprint density at radius 1 is 1.24 bits per heavy atom. The molecule has 0 saturated carbocycles. The van der Waals surface area contributed by atoms with Crippen LogP contribution in [0.25, 0.3) is 10.2 Å². The Kier molecular flexibility index (Phi) is 5.74. The highest BCUT2D eigenvalue weighted by molar-refractivity contribution is 7.19. The summed E-state index contributed by atoms with van der Waals surface area (Å²) in [5.74, 6) is 0.639. The van der Waals surface area contributed by atoms with E-state index in [4.69, 9.17) is 22.1 Å². The number of hydrogen-bond donors (Lipinski definition) is 1. The number of nitrogens with two attached hydrogens (primary N) is 1. The van der Waals surface area contributed by atoms with E-state index in [9.17, 15) is 4.79 Å². The fraction of sp³-hybridized carbons (Fsp3) is 0.389. The third-order valence-corrected chi connectivity index (χ3v) is 5.91. The monoisotopic (exact) mass is 433 g/mol. The Labute approximate surface area is 176 Å². The van der Waals surface area contributed by atoms with Gasteiger partial charge in [0.1, 0.15) is 5.82 Å². The predicted molar refractivity (Wildman–Crippen MR) is 112 cm³/mol. The average Bonchev–Trinajstić information content (AvgIpc) is 3.11. The molecule has 0 amide bonds. The van der Waals surface area contributed by atoms with E-state index in [2.05, 4.69) is 29.7 Å². The van der Waals surface area contributed by atoms with Gasteiger partial charge in [-0.15, -0.1) is 11.3 Å². The maximum atomic E-state index is 11.7. The van der Waals surface area contributed by atoms with E-state index in [1.54, 1.807) is 18.3 Å². The number of ether oxygens (including phenoxy) is 1. The number of carbonyl (C=O) groups is 1. The SMILES string of the molecule is CCOC(=O)c1cnc(N2CCN(Cc3cc4nc(Cl)nc(N)c4s3)CC2)nc1. The van der Waals surface area contributed by atoms with Crippen molar-refractivity contribution in [3.8, 4) is 0 Å². The van der Waals surface area contributed by atoms with E-state index in [1.807, 2.05) is 6.07 Å². The highest BCUT2D eigenvalue weighted by atomic mass is 35.5. The van der Waals surface area contributed by atoms with E-state index in [0.717, 1.165) is 42.9 Å². The van der Waals surface area contributed by atoms with Gasteiger partial charge in [-0.1, -0.05) is 0 Å². The fourth-order valence-electron chi connectivity index (χ4n) is 3.18. The first-order valence-corrected chi connectivity index (χ1v) is 10.4. The van der Waals surface area contributed by atoms with Gasteiger partial charge in [-0.2, -0.15) is 4.98 Å². The molecule has 0 bridgehead atoms. The van der Waals surface area contributed by atoms with E-state index < -0.39 is 5.97 Å². The summed E-state index contributed by atoms with van der Waals surface area (Å²) in [6.45, 7) is 6.26. The van der Waals surface area contributed by atoms with Crippen LogP contribution in [0.5, 0.6) is 0 Å². The van der Waals surface area contributed by atoms with Gasteiger partial charge in [0.25, 0.3) is 0 Å². The van der Waals surface area contributed by atoms with Gasteiger partial charge in [0, 0.05) is 50.0 Å². The number of nitrogen functional groups attached to an aromatic ring is 1. The van der Waals surface area contributed by atoms with Crippen LogP contribution in [-0.4, -0.2) is 63.6 Å². The third-order valence-electron chi connectivity index (χ3n) is 4.61. The van der Waals surface area contributed by atoms with Gasteiger partial charge in [-0.05, 0) is 24.6 Å². The lowest BCUT2D eigenvalue weighted by atomic mass is 10.3. The van der Waals surface area contributed by atoms with Crippen LogP contribution in [0.1, 0.15) is 22.2 Å². The van der Waals surface area contributed by atoms with Crippen LogP contribution < -0.4 is 10.6 Å². The molecule has 29 heavy (non-hydrogen) atoms. The zero-order chi connectivity index (χ0) is 20.4. The quantitative estimate of drug-likeness (QED) is 0.478. The number of nitrogens with zero attached hydrogens (tertiary/aromatic N) is 6. The van der Waals surface area contributed by atoms with E-state index >= 15 is 0 Å². The van der Waals surface area contributed by atoms with Crippen LogP contribution in [0.2, 0.25) is 5.28 Å². The maximum absolute atomic E-state index is 11.7. The van der Waals surface area contributed by atoms with Gasteiger partial charge >= 0.3 is 5.97 Å². The molecule has 0 radical (unpaired) electrons. The summed E-state index contributed by atoms with van der Waals surface area (Å²) in [4.78, 5) is 34.2. The number of thiophene rings is 1. The first-order chi connectivity index (χ1) is 14.0. The van der Waals surface area contributed by atoms with Gasteiger partial charge in [-0.3, -0.25) is 4.90 Å². The van der Waals surface area contributed by atoms with Crippen LogP contribution in [-0.2, 0) is 11.3 Å².